The first-order chi connectivity index (χ1) is 2.77. The Morgan fingerprint density at radius 3 is 1.56 bits per heavy atom. The Hall–Kier alpha value is 1.25. The average molecular weight is 207 g/mol. The molecule has 0 amide bonds. The Labute approximate surface area is 84.3 Å². The number of halogens is 2. The first-order valence-electron chi connectivity index (χ1n) is 2.38. The first kappa shape index (κ1) is 22.5. The smallest absolute Gasteiger partial charge is 1.00 e. The third kappa shape index (κ3) is 26.9. The van der Waals surface area contributed by atoms with Crippen molar-refractivity contribution >= 4 is 0 Å². The van der Waals surface area contributed by atoms with Gasteiger partial charge in [-0.15, -0.1) is 0 Å². The van der Waals surface area contributed by atoms with Gasteiger partial charge in [0.05, 0.1) is 0 Å². The molecule has 1 N–H and O–H groups in total. The molecule has 0 aromatic rings. The molecule has 0 aromatic carbocycles. The Morgan fingerprint density at radius 2 is 1.56 bits per heavy atom. The topological polar surface area (TPSA) is 20.2 Å². The second kappa shape index (κ2) is 16.1. The van der Waals surface area contributed by atoms with Crippen LogP contribution in [0.3, 0.4) is 0 Å². The second-order valence-electron chi connectivity index (χ2n) is 1.91. The standard InChI is InChI=1S/C5H12O.2ClH.Ti/c1-5(2)3-4-6;;;/h5-6H,3-4H2,1-2H3;2*1H;/q;;;+2/p-2. The van der Waals surface area contributed by atoms with E-state index in [0.717, 1.165) is 6.42 Å². The van der Waals surface area contributed by atoms with Crippen molar-refractivity contribution in [2.75, 3.05) is 6.61 Å². The number of aliphatic hydroxyl groups excluding tert-OH is 1. The predicted octanol–water partition coefficient (Wildman–Crippen LogP) is -4.97. The number of aliphatic hydroxyl groups is 1. The molecular formula is C5H12Cl2OTi. The summed E-state index contributed by atoms with van der Waals surface area (Å²) < 4.78 is 0. The zero-order chi connectivity index (χ0) is 4.99. The van der Waals surface area contributed by atoms with Crippen LogP contribution < -0.4 is 24.8 Å². The van der Waals surface area contributed by atoms with Crippen LogP contribution in [0.15, 0.2) is 0 Å². The minimum absolute atomic E-state index is 0. The van der Waals surface area contributed by atoms with Gasteiger partial charge in [-0.1, -0.05) is 13.8 Å². The van der Waals surface area contributed by atoms with Crippen molar-refractivity contribution in [3.63, 3.8) is 0 Å². The molecule has 0 unspecified atom stereocenters. The van der Waals surface area contributed by atoms with Crippen molar-refractivity contribution in [2.24, 2.45) is 5.92 Å². The van der Waals surface area contributed by atoms with Crippen LogP contribution in [-0.2, 0) is 21.7 Å². The van der Waals surface area contributed by atoms with Crippen LogP contribution in [0.1, 0.15) is 20.3 Å². The summed E-state index contributed by atoms with van der Waals surface area (Å²) in [6.07, 6.45) is 0.931. The van der Waals surface area contributed by atoms with Gasteiger partial charge in [0.25, 0.3) is 0 Å². The summed E-state index contributed by atoms with van der Waals surface area (Å²) in [5, 5.41) is 8.24. The van der Waals surface area contributed by atoms with Gasteiger partial charge in [-0.2, -0.15) is 0 Å². The summed E-state index contributed by atoms with van der Waals surface area (Å²) in [6.45, 7) is 4.52. The molecule has 0 atom stereocenters. The van der Waals surface area contributed by atoms with Gasteiger partial charge in [0.1, 0.15) is 0 Å². The van der Waals surface area contributed by atoms with Crippen molar-refractivity contribution in [3.05, 3.63) is 0 Å². The largest absolute Gasteiger partial charge is 2.00 e. The van der Waals surface area contributed by atoms with Crippen molar-refractivity contribution in [2.45, 2.75) is 20.3 Å². The summed E-state index contributed by atoms with van der Waals surface area (Å²) in [5.41, 5.74) is 0. The van der Waals surface area contributed by atoms with Crippen molar-refractivity contribution in [3.8, 4) is 0 Å². The van der Waals surface area contributed by atoms with E-state index in [1.54, 1.807) is 0 Å². The maximum absolute atomic E-state index is 8.24. The quantitative estimate of drug-likeness (QED) is 0.449. The molecule has 0 aliphatic rings. The van der Waals surface area contributed by atoms with Crippen molar-refractivity contribution in [1.82, 2.24) is 0 Å². The molecule has 4 heteroatoms. The van der Waals surface area contributed by atoms with E-state index >= 15 is 0 Å². The molecule has 0 bridgehead atoms. The van der Waals surface area contributed by atoms with E-state index in [9.17, 15) is 0 Å². The maximum Gasteiger partial charge on any atom is 2.00 e. The van der Waals surface area contributed by atoms with Crippen LogP contribution in [0, 0.1) is 5.92 Å². The molecule has 0 radical (unpaired) electrons. The SMILES string of the molecule is CC(C)CCO.[Cl-].[Cl-].[Ti+2]. The van der Waals surface area contributed by atoms with Crippen LogP contribution in [0.4, 0.5) is 0 Å². The van der Waals surface area contributed by atoms with Gasteiger partial charge < -0.3 is 29.9 Å². The number of rotatable bonds is 2. The monoisotopic (exact) mass is 206 g/mol. The molecule has 0 rings (SSSR count). The van der Waals surface area contributed by atoms with Gasteiger partial charge >= 0.3 is 21.7 Å². The van der Waals surface area contributed by atoms with E-state index in [4.69, 9.17) is 5.11 Å². The Balaban J connectivity index is -0.0000000417. The number of hydrogen-bond acceptors (Lipinski definition) is 1. The summed E-state index contributed by atoms with van der Waals surface area (Å²) in [7, 11) is 0. The second-order valence-corrected chi connectivity index (χ2v) is 1.91. The molecule has 0 aliphatic heterocycles. The first-order valence-corrected chi connectivity index (χ1v) is 2.38. The molecule has 0 saturated carbocycles. The minimum atomic E-state index is 0. The fourth-order valence-electron chi connectivity index (χ4n) is 0.258. The van der Waals surface area contributed by atoms with Gasteiger partial charge in [-0.05, 0) is 12.3 Å². The molecule has 0 fully saturated rings. The normalized spacial score (nSPS) is 6.67. The van der Waals surface area contributed by atoms with Crippen molar-refractivity contribution in [1.29, 1.82) is 0 Å². The molecule has 0 aromatic heterocycles. The predicted molar refractivity (Wildman–Crippen MR) is 26.5 cm³/mol. The Morgan fingerprint density at radius 1 is 1.22 bits per heavy atom. The summed E-state index contributed by atoms with van der Waals surface area (Å²) in [5.74, 6) is 0.648. The van der Waals surface area contributed by atoms with Crippen LogP contribution in [0.2, 0.25) is 0 Å². The third-order valence-corrected chi connectivity index (χ3v) is 0.706. The van der Waals surface area contributed by atoms with E-state index < -0.39 is 0 Å². The molecule has 0 saturated heterocycles. The van der Waals surface area contributed by atoms with Crippen LogP contribution >= 0.6 is 0 Å². The zero-order valence-electron chi connectivity index (χ0n) is 5.69. The van der Waals surface area contributed by atoms with E-state index in [-0.39, 0.29) is 46.5 Å². The molecule has 0 spiro atoms. The van der Waals surface area contributed by atoms with Crippen molar-refractivity contribution < 1.29 is 51.6 Å². The molecule has 0 heterocycles. The molecular weight excluding hydrogens is 195 g/mol. The van der Waals surface area contributed by atoms with E-state index in [1.807, 2.05) is 0 Å². The fraction of sp³-hybridized carbons (Fsp3) is 1.00. The summed E-state index contributed by atoms with van der Waals surface area (Å²) in [6, 6.07) is 0. The van der Waals surface area contributed by atoms with Gasteiger partial charge in [-0.3, -0.25) is 0 Å². The molecule has 9 heavy (non-hydrogen) atoms. The maximum atomic E-state index is 8.24. The number of hydrogen-bond donors (Lipinski definition) is 1. The van der Waals surface area contributed by atoms with E-state index in [2.05, 4.69) is 13.8 Å². The minimum Gasteiger partial charge on any atom is -1.00 e. The van der Waals surface area contributed by atoms with E-state index in [0.29, 0.717) is 12.5 Å². The van der Waals surface area contributed by atoms with Gasteiger partial charge in [0, 0.05) is 6.61 Å². The van der Waals surface area contributed by atoms with Crippen LogP contribution in [0.5, 0.6) is 0 Å². The molecule has 1 nitrogen and oxygen atoms in total. The average Bonchev–Trinajstić information content (AvgIpc) is 1.35. The van der Waals surface area contributed by atoms with Crippen LogP contribution in [0.25, 0.3) is 0 Å². The summed E-state index contributed by atoms with van der Waals surface area (Å²) >= 11 is 0. The fourth-order valence-corrected chi connectivity index (χ4v) is 0.258. The Kier molecular flexibility index (Phi) is 40.2. The third-order valence-electron chi connectivity index (χ3n) is 0.706. The van der Waals surface area contributed by atoms with Gasteiger partial charge in [0.15, 0.2) is 0 Å². The molecule has 0 aliphatic carbocycles. The van der Waals surface area contributed by atoms with E-state index in [1.165, 1.54) is 0 Å². The van der Waals surface area contributed by atoms with Gasteiger partial charge in [-0.25, -0.2) is 0 Å². The Bertz CT molecular complexity index is 36.1. The van der Waals surface area contributed by atoms with Crippen LogP contribution in [-0.4, -0.2) is 11.7 Å². The van der Waals surface area contributed by atoms with Gasteiger partial charge in [0.2, 0.25) is 0 Å². The zero-order valence-corrected chi connectivity index (χ0v) is 8.77. The molecule has 56 valence electrons. The summed E-state index contributed by atoms with van der Waals surface area (Å²) in [4.78, 5) is 0.